The van der Waals surface area contributed by atoms with Crippen molar-refractivity contribution in [2.75, 3.05) is 39.0 Å². The number of rotatable bonds is 11. The first kappa shape index (κ1) is 23.1. The number of nitrogens with one attached hydrogen (secondary N) is 1. The molecule has 1 saturated heterocycles. The predicted octanol–water partition coefficient (Wildman–Crippen LogP) is 5.08. The fourth-order valence-electron chi connectivity index (χ4n) is 4.77. The summed E-state index contributed by atoms with van der Waals surface area (Å²) in [4.78, 5) is 5.02. The van der Waals surface area contributed by atoms with Crippen LogP contribution >= 0.6 is 0 Å². The van der Waals surface area contributed by atoms with Gasteiger partial charge in [0.2, 0.25) is 0 Å². The maximum Gasteiger partial charge on any atom is 0.155 e. The second kappa shape index (κ2) is 11.1. The first-order valence-corrected chi connectivity index (χ1v) is 12.1. The highest BCUT2D eigenvalue weighted by Gasteiger charge is 2.18. The summed E-state index contributed by atoms with van der Waals surface area (Å²) in [6.45, 7) is 11.5. The average Bonchev–Trinajstić information content (AvgIpc) is 3.09. The smallest absolute Gasteiger partial charge is 0.155 e. The van der Waals surface area contributed by atoms with Crippen molar-refractivity contribution in [2.45, 2.75) is 77.9 Å². The second-order valence-corrected chi connectivity index (χ2v) is 9.79. The monoisotopic (exact) mass is 413 g/mol. The molecule has 5 nitrogen and oxygen atoms in total. The normalized spacial score (nSPS) is 17.7. The lowest BCUT2D eigenvalue weighted by Crippen LogP contribution is -2.37. The Balaban J connectivity index is 1.62. The van der Waals surface area contributed by atoms with Crippen molar-refractivity contribution in [3.8, 4) is 0 Å². The van der Waals surface area contributed by atoms with Crippen molar-refractivity contribution in [3.63, 3.8) is 0 Å². The summed E-state index contributed by atoms with van der Waals surface area (Å²) in [5.41, 5.74) is 1.25. The molecule has 1 aromatic carbocycles. The number of hydrogen-bond acceptors (Lipinski definition) is 4. The van der Waals surface area contributed by atoms with Crippen molar-refractivity contribution >= 4 is 16.7 Å². The Kier molecular flexibility index (Phi) is 8.58. The number of para-hydroxylation sites is 1. The largest absolute Gasteiger partial charge is 0.368 e. The molecule has 2 atom stereocenters. The number of nitrogens with zero attached hydrogens (tertiary/aromatic N) is 4. The van der Waals surface area contributed by atoms with Crippen molar-refractivity contribution in [2.24, 2.45) is 5.92 Å². The maximum atomic E-state index is 4.98. The van der Waals surface area contributed by atoms with E-state index in [4.69, 9.17) is 5.10 Å². The van der Waals surface area contributed by atoms with E-state index in [0.717, 1.165) is 37.7 Å². The molecular formula is C25H43N5. The van der Waals surface area contributed by atoms with E-state index in [1.54, 1.807) is 0 Å². The Bertz CT molecular complexity index is 760. The first-order chi connectivity index (χ1) is 14.5. The van der Waals surface area contributed by atoms with Crippen LogP contribution in [-0.2, 0) is 6.54 Å². The standard InChI is InChI=1S/C25H43N5/c1-20(2)19-22(28(4)5)13-15-26-25-23-11-7-8-12-24(23)30(27-25)18-14-21(3)29-16-9-6-10-17-29/h7-8,11-12,20-22H,6,9-10,13-19H2,1-5H3,(H,26,27). The minimum absolute atomic E-state index is 0.608. The zero-order chi connectivity index (χ0) is 21.5. The van der Waals surface area contributed by atoms with Gasteiger partial charge in [0.1, 0.15) is 0 Å². The zero-order valence-electron chi connectivity index (χ0n) is 19.9. The fraction of sp³-hybridized carbons (Fsp3) is 0.720. The summed E-state index contributed by atoms with van der Waals surface area (Å²) in [6, 6.07) is 9.89. The van der Waals surface area contributed by atoms with Crippen LogP contribution in [0.15, 0.2) is 24.3 Å². The minimum Gasteiger partial charge on any atom is -0.368 e. The lowest BCUT2D eigenvalue weighted by molar-refractivity contribution is 0.162. The van der Waals surface area contributed by atoms with Gasteiger partial charge in [-0.2, -0.15) is 5.10 Å². The van der Waals surface area contributed by atoms with Crippen LogP contribution in [0, 0.1) is 5.92 Å². The Labute approximate surface area is 183 Å². The lowest BCUT2D eigenvalue weighted by atomic mass is 10.0. The molecule has 0 aliphatic carbocycles. The van der Waals surface area contributed by atoms with Gasteiger partial charge in [0.25, 0.3) is 0 Å². The molecule has 0 bridgehead atoms. The molecule has 1 aromatic heterocycles. The second-order valence-electron chi connectivity index (χ2n) is 9.79. The van der Waals surface area contributed by atoms with Crippen molar-refractivity contribution in [1.82, 2.24) is 19.6 Å². The van der Waals surface area contributed by atoms with E-state index < -0.39 is 0 Å². The Morgan fingerprint density at radius 1 is 1.03 bits per heavy atom. The van der Waals surface area contributed by atoms with Crippen LogP contribution in [0.2, 0.25) is 0 Å². The highest BCUT2D eigenvalue weighted by molar-refractivity contribution is 5.90. The molecule has 5 heteroatoms. The molecule has 2 unspecified atom stereocenters. The summed E-state index contributed by atoms with van der Waals surface area (Å²) in [6.07, 6.45) is 7.63. The number of hydrogen-bond donors (Lipinski definition) is 1. The van der Waals surface area contributed by atoms with Gasteiger partial charge in [-0.25, -0.2) is 0 Å². The summed E-state index contributed by atoms with van der Waals surface area (Å²) < 4.78 is 2.22. The van der Waals surface area contributed by atoms with E-state index in [0.29, 0.717) is 12.1 Å². The number of anilines is 1. The summed E-state index contributed by atoms with van der Waals surface area (Å²) in [7, 11) is 4.39. The number of benzene rings is 1. The Morgan fingerprint density at radius 2 is 1.77 bits per heavy atom. The number of piperidine rings is 1. The summed E-state index contributed by atoms with van der Waals surface area (Å²) >= 11 is 0. The zero-order valence-corrected chi connectivity index (χ0v) is 19.9. The molecule has 1 fully saturated rings. The number of aryl methyl sites for hydroxylation is 1. The molecule has 168 valence electrons. The van der Waals surface area contributed by atoms with Crippen LogP contribution in [-0.4, -0.2) is 65.4 Å². The molecule has 0 saturated carbocycles. The van der Waals surface area contributed by atoms with Gasteiger partial charge >= 0.3 is 0 Å². The van der Waals surface area contributed by atoms with Crippen LogP contribution in [0.4, 0.5) is 5.82 Å². The summed E-state index contributed by atoms with van der Waals surface area (Å²) in [5, 5.41) is 9.88. The summed E-state index contributed by atoms with van der Waals surface area (Å²) in [5.74, 6) is 1.76. The molecule has 1 N–H and O–H groups in total. The third-order valence-electron chi connectivity index (χ3n) is 6.67. The molecule has 0 spiro atoms. The van der Waals surface area contributed by atoms with Crippen LogP contribution in [0.1, 0.15) is 59.3 Å². The number of likely N-dealkylation sites (tertiary alicyclic amines) is 1. The Morgan fingerprint density at radius 3 is 2.47 bits per heavy atom. The van der Waals surface area contributed by atoms with Gasteiger partial charge in [0.15, 0.2) is 5.82 Å². The van der Waals surface area contributed by atoms with Gasteiger partial charge in [-0.1, -0.05) is 32.4 Å². The van der Waals surface area contributed by atoms with E-state index in [-0.39, 0.29) is 0 Å². The SMILES string of the molecule is CC(C)CC(CCNc1nn(CCC(C)N2CCCCC2)c2ccccc12)N(C)C. The third kappa shape index (κ3) is 6.21. The predicted molar refractivity (Wildman–Crippen MR) is 129 cm³/mol. The van der Waals surface area contributed by atoms with E-state index in [1.807, 2.05) is 0 Å². The lowest BCUT2D eigenvalue weighted by Gasteiger charge is -2.32. The molecule has 3 rings (SSSR count). The van der Waals surface area contributed by atoms with Gasteiger partial charge < -0.3 is 15.1 Å². The maximum absolute atomic E-state index is 4.98. The van der Waals surface area contributed by atoms with Crippen LogP contribution in [0.5, 0.6) is 0 Å². The van der Waals surface area contributed by atoms with Crippen molar-refractivity contribution < 1.29 is 0 Å². The van der Waals surface area contributed by atoms with Gasteiger partial charge in [0.05, 0.1) is 5.52 Å². The van der Waals surface area contributed by atoms with Crippen molar-refractivity contribution in [3.05, 3.63) is 24.3 Å². The molecule has 1 aliphatic heterocycles. The number of fused-ring (bicyclic) bond motifs is 1. The fourth-order valence-corrected chi connectivity index (χ4v) is 4.77. The van der Waals surface area contributed by atoms with Gasteiger partial charge in [-0.3, -0.25) is 4.68 Å². The third-order valence-corrected chi connectivity index (χ3v) is 6.67. The molecular weight excluding hydrogens is 370 g/mol. The molecule has 1 aliphatic rings. The van der Waals surface area contributed by atoms with E-state index in [2.05, 4.69) is 78.9 Å². The molecule has 30 heavy (non-hydrogen) atoms. The van der Waals surface area contributed by atoms with Crippen LogP contribution in [0.3, 0.4) is 0 Å². The first-order valence-electron chi connectivity index (χ1n) is 12.1. The van der Waals surface area contributed by atoms with Crippen molar-refractivity contribution in [1.29, 1.82) is 0 Å². The van der Waals surface area contributed by atoms with E-state index in [1.165, 1.54) is 49.7 Å². The molecule has 2 aromatic rings. The van der Waals surface area contributed by atoms with Gasteiger partial charge in [0, 0.05) is 30.6 Å². The Hall–Kier alpha value is -1.59. The van der Waals surface area contributed by atoms with Crippen LogP contribution in [0.25, 0.3) is 10.9 Å². The number of aromatic nitrogens is 2. The van der Waals surface area contributed by atoms with Gasteiger partial charge in [-0.05, 0) is 84.3 Å². The van der Waals surface area contributed by atoms with E-state index in [9.17, 15) is 0 Å². The van der Waals surface area contributed by atoms with Gasteiger partial charge in [-0.15, -0.1) is 0 Å². The molecule has 2 heterocycles. The molecule has 0 amide bonds. The quantitative estimate of drug-likeness (QED) is 0.557. The highest BCUT2D eigenvalue weighted by atomic mass is 15.3. The topological polar surface area (TPSA) is 36.3 Å². The average molecular weight is 414 g/mol. The highest BCUT2D eigenvalue weighted by Crippen LogP contribution is 2.24. The molecule has 0 radical (unpaired) electrons. The van der Waals surface area contributed by atoms with E-state index >= 15 is 0 Å². The minimum atomic E-state index is 0.608. The van der Waals surface area contributed by atoms with Crippen LogP contribution < -0.4 is 5.32 Å².